The highest BCUT2D eigenvalue weighted by molar-refractivity contribution is 5.86. The number of carbonyl (C=O) groups excluding carboxylic acids is 1. The third-order valence-electron chi connectivity index (χ3n) is 3.08. The zero-order valence-electron chi connectivity index (χ0n) is 8.52. The van der Waals surface area contributed by atoms with Crippen molar-refractivity contribution in [2.24, 2.45) is 5.92 Å². The summed E-state index contributed by atoms with van der Waals surface area (Å²) in [6, 6.07) is 0.0931. The maximum atomic E-state index is 11.6. The van der Waals surface area contributed by atoms with Gasteiger partial charge in [0.2, 0.25) is 5.91 Å². The molecule has 0 aliphatic carbocycles. The quantitative estimate of drug-likeness (QED) is 0.706. The minimum absolute atomic E-state index is 0.0436. The number of nitrogens with zero attached hydrogens (tertiary/aromatic N) is 1. The summed E-state index contributed by atoms with van der Waals surface area (Å²) in [6.07, 6.45) is 2.02. The van der Waals surface area contributed by atoms with Crippen LogP contribution < -0.4 is 0 Å². The van der Waals surface area contributed by atoms with Crippen LogP contribution in [0.3, 0.4) is 0 Å². The van der Waals surface area contributed by atoms with Crippen LogP contribution in [-0.4, -0.2) is 47.7 Å². The molecule has 0 bridgehead atoms. The van der Waals surface area contributed by atoms with Gasteiger partial charge < -0.3 is 14.7 Å². The summed E-state index contributed by atoms with van der Waals surface area (Å²) in [5, 5.41) is 8.84. The number of aliphatic carboxylic acids is 1. The molecule has 0 spiro atoms. The Morgan fingerprint density at radius 3 is 2.87 bits per heavy atom. The number of hydrogen-bond donors (Lipinski definition) is 1. The van der Waals surface area contributed by atoms with Crippen LogP contribution >= 0.6 is 0 Å². The van der Waals surface area contributed by atoms with Crippen LogP contribution in [0.5, 0.6) is 0 Å². The van der Waals surface area contributed by atoms with Gasteiger partial charge in [0, 0.05) is 19.6 Å². The second kappa shape index (κ2) is 4.18. The van der Waals surface area contributed by atoms with Gasteiger partial charge in [0.1, 0.15) is 0 Å². The Balaban J connectivity index is 1.97. The molecule has 2 heterocycles. The molecule has 0 radical (unpaired) electrons. The molecule has 2 saturated heterocycles. The largest absolute Gasteiger partial charge is 0.481 e. The molecule has 1 N–H and O–H groups in total. The number of hydrogen-bond acceptors (Lipinski definition) is 3. The van der Waals surface area contributed by atoms with E-state index in [0.29, 0.717) is 13.2 Å². The van der Waals surface area contributed by atoms with Gasteiger partial charge in [-0.05, 0) is 12.8 Å². The van der Waals surface area contributed by atoms with Crippen molar-refractivity contribution in [1.29, 1.82) is 0 Å². The topological polar surface area (TPSA) is 66.8 Å². The van der Waals surface area contributed by atoms with E-state index in [1.165, 1.54) is 0 Å². The Morgan fingerprint density at radius 2 is 2.33 bits per heavy atom. The maximum absolute atomic E-state index is 11.6. The van der Waals surface area contributed by atoms with Crippen LogP contribution in [-0.2, 0) is 14.3 Å². The Hall–Kier alpha value is -1.10. The summed E-state index contributed by atoms with van der Waals surface area (Å²) in [4.78, 5) is 24.0. The molecule has 1 amide bonds. The van der Waals surface area contributed by atoms with Crippen molar-refractivity contribution < 1.29 is 19.4 Å². The van der Waals surface area contributed by atoms with Gasteiger partial charge in [0.25, 0.3) is 0 Å². The molecule has 84 valence electrons. The minimum Gasteiger partial charge on any atom is -0.481 e. The molecule has 0 aromatic rings. The molecule has 0 saturated carbocycles. The van der Waals surface area contributed by atoms with Crippen molar-refractivity contribution in [2.45, 2.75) is 25.3 Å². The molecule has 15 heavy (non-hydrogen) atoms. The number of carbonyl (C=O) groups is 2. The number of amides is 1. The average Bonchev–Trinajstić information content (AvgIpc) is 2.62. The summed E-state index contributed by atoms with van der Waals surface area (Å²) >= 11 is 0. The van der Waals surface area contributed by atoms with Gasteiger partial charge in [-0.25, -0.2) is 0 Å². The van der Waals surface area contributed by atoms with Crippen molar-refractivity contribution in [1.82, 2.24) is 4.90 Å². The van der Waals surface area contributed by atoms with Crippen LogP contribution in [0, 0.1) is 5.92 Å². The monoisotopic (exact) mass is 213 g/mol. The van der Waals surface area contributed by atoms with Crippen molar-refractivity contribution in [3.63, 3.8) is 0 Å². The second-order valence-electron chi connectivity index (χ2n) is 4.16. The maximum Gasteiger partial charge on any atom is 0.308 e. The standard InChI is InChI=1S/C10H15NO4/c12-9-4-7(10(13)14)5-11(9)8-2-1-3-15-6-8/h7-8H,1-6H2,(H,13,14). The summed E-state index contributed by atoms with van der Waals surface area (Å²) in [7, 11) is 0. The second-order valence-corrected chi connectivity index (χ2v) is 4.16. The summed E-state index contributed by atoms with van der Waals surface area (Å²) in [5.74, 6) is -1.44. The van der Waals surface area contributed by atoms with E-state index in [0.717, 1.165) is 19.4 Å². The lowest BCUT2D eigenvalue weighted by molar-refractivity contribution is -0.141. The van der Waals surface area contributed by atoms with Crippen molar-refractivity contribution in [2.75, 3.05) is 19.8 Å². The molecule has 2 aliphatic heterocycles. The van der Waals surface area contributed by atoms with E-state index in [-0.39, 0.29) is 18.4 Å². The smallest absolute Gasteiger partial charge is 0.308 e. The average molecular weight is 213 g/mol. The van der Waals surface area contributed by atoms with Gasteiger partial charge in [-0.2, -0.15) is 0 Å². The molecule has 2 unspecified atom stereocenters. The van der Waals surface area contributed by atoms with E-state index < -0.39 is 11.9 Å². The number of carboxylic acids is 1. The first-order valence-electron chi connectivity index (χ1n) is 5.28. The molecule has 0 aromatic heterocycles. The molecular weight excluding hydrogens is 198 g/mol. The first kappa shape index (κ1) is 10.4. The SMILES string of the molecule is O=C(O)C1CC(=O)N(C2CCCOC2)C1. The number of carboxylic acid groups (broad SMARTS) is 1. The first-order chi connectivity index (χ1) is 7.18. The van der Waals surface area contributed by atoms with Crippen LogP contribution in [0.15, 0.2) is 0 Å². The molecule has 5 heteroatoms. The van der Waals surface area contributed by atoms with Crippen LogP contribution in [0.2, 0.25) is 0 Å². The van der Waals surface area contributed by atoms with Crippen molar-refractivity contribution in [3.05, 3.63) is 0 Å². The first-order valence-corrected chi connectivity index (χ1v) is 5.28. The van der Waals surface area contributed by atoms with Crippen LogP contribution in [0.1, 0.15) is 19.3 Å². The third kappa shape index (κ3) is 2.12. The normalized spacial score (nSPS) is 32.0. The highest BCUT2D eigenvalue weighted by atomic mass is 16.5. The van der Waals surface area contributed by atoms with E-state index in [4.69, 9.17) is 9.84 Å². The van der Waals surface area contributed by atoms with E-state index in [2.05, 4.69) is 0 Å². The third-order valence-corrected chi connectivity index (χ3v) is 3.08. The number of likely N-dealkylation sites (tertiary alicyclic amines) is 1. The van der Waals surface area contributed by atoms with E-state index in [1.807, 2.05) is 0 Å². The van der Waals surface area contributed by atoms with E-state index >= 15 is 0 Å². The van der Waals surface area contributed by atoms with Gasteiger partial charge in [-0.3, -0.25) is 9.59 Å². The summed E-state index contributed by atoms with van der Waals surface area (Å²) < 4.78 is 5.30. The minimum atomic E-state index is -0.873. The van der Waals surface area contributed by atoms with Gasteiger partial charge in [-0.15, -0.1) is 0 Å². The molecule has 2 atom stereocenters. The van der Waals surface area contributed by atoms with Crippen LogP contribution in [0.4, 0.5) is 0 Å². The molecule has 0 aromatic carbocycles. The van der Waals surface area contributed by atoms with Gasteiger partial charge in [0.15, 0.2) is 0 Å². The van der Waals surface area contributed by atoms with Crippen molar-refractivity contribution >= 4 is 11.9 Å². The van der Waals surface area contributed by atoms with Gasteiger partial charge in [0.05, 0.1) is 18.6 Å². The lowest BCUT2D eigenvalue weighted by atomic mass is 10.1. The Kier molecular flexibility index (Phi) is 2.90. The predicted molar refractivity (Wildman–Crippen MR) is 51.3 cm³/mol. The fourth-order valence-corrected chi connectivity index (χ4v) is 2.22. The van der Waals surface area contributed by atoms with Crippen LogP contribution in [0.25, 0.3) is 0 Å². The predicted octanol–water partition coefficient (Wildman–Crippen LogP) is 0.0985. The van der Waals surface area contributed by atoms with Gasteiger partial charge >= 0.3 is 5.97 Å². The van der Waals surface area contributed by atoms with E-state index in [9.17, 15) is 9.59 Å². The molecule has 5 nitrogen and oxygen atoms in total. The number of ether oxygens (including phenoxy) is 1. The summed E-state index contributed by atoms with van der Waals surface area (Å²) in [5.41, 5.74) is 0. The van der Waals surface area contributed by atoms with Gasteiger partial charge in [-0.1, -0.05) is 0 Å². The molecule has 2 fully saturated rings. The van der Waals surface area contributed by atoms with E-state index in [1.54, 1.807) is 4.90 Å². The Morgan fingerprint density at radius 1 is 1.53 bits per heavy atom. The summed E-state index contributed by atoms with van der Waals surface area (Å²) in [6.45, 7) is 1.65. The Labute approximate surface area is 88.0 Å². The lowest BCUT2D eigenvalue weighted by Crippen LogP contribution is -2.42. The Bertz CT molecular complexity index is 273. The van der Waals surface area contributed by atoms with Crippen molar-refractivity contribution in [3.8, 4) is 0 Å². The highest BCUT2D eigenvalue weighted by Gasteiger charge is 2.38. The highest BCUT2D eigenvalue weighted by Crippen LogP contribution is 2.24. The fraction of sp³-hybridized carbons (Fsp3) is 0.800. The number of rotatable bonds is 2. The fourth-order valence-electron chi connectivity index (χ4n) is 2.22. The zero-order chi connectivity index (χ0) is 10.8. The molecular formula is C10H15NO4. The lowest BCUT2D eigenvalue weighted by Gasteiger charge is -2.30. The molecule has 2 aliphatic rings. The zero-order valence-corrected chi connectivity index (χ0v) is 8.52. The molecule has 2 rings (SSSR count).